The van der Waals surface area contributed by atoms with Gasteiger partial charge in [0.2, 0.25) is 0 Å². The molecule has 1 aliphatic heterocycles. The first-order valence-electron chi connectivity index (χ1n) is 7.06. The zero-order valence-electron chi connectivity index (χ0n) is 11.4. The molecule has 0 aromatic rings. The van der Waals surface area contributed by atoms with Crippen LogP contribution < -0.4 is 0 Å². The lowest BCUT2D eigenvalue weighted by Gasteiger charge is -2.53. The number of hydrogen-bond donors (Lipinski definition) is 1. The topological polar surface area (TPSA) is 46.5 Å². The minimum Gasteiger partial charge on any atom is -0.454 e. The van der Waals surface area contributed by atoms with Crippen molar-refractivity contribution in [3.05, 3.63) is 11.1 Å². The molecule has 2 saturated carbocycles. The summed E-state index contributed by atoms with van der Waals surface area (Å²) < 4.78 is 5.40. The van der Waals surface area contributed by atoms with Crippen molar-refractivity contribution >= 4 is 5.97 Å². The lowest BCUT2D eigenvalue weighted by molar-refractivity contribution is -0.145. The summed E-state index contributed by atoms with van der Waals surface area (Å²) in [5, 5.41) is 10.8. The Hall–Kier alpha value is -0.830. The second kappa shape index (κ2) is 3.83. The SMILES string of the molecule is CC1=C2[C@H](C[C@H]3CCC[C@H](C)[C@@]3(C)[C@@H]2O)OC1=O. The fourth-order valence-corrected chi connectivity index (χ4v) is 4.35. The molecule has 2 fully saturated rings. The summed E-state index contributed by atoms with van der Waals surface area (Å²) >= 11 is 0. The van der Waals surface area contributed by atoms with Gasteiger partial charge in [0.1, 0.15) is 6.10 Å². The summed E-state index contributed by atoms with van der Waals surface area (Å²) in [5.41, 5.74) is 1.43. The van der Waals surface area contributed by atoms with Gasteiger partial charge in [0.25, 0.3) is 0 Å². The van der Waals surface area contributed by atoms with Gasteiger partial charge in [-0.3, -0.25) is 0 Å². The van der Waals surface area contributed by atoms with Crippen LogP contribution in [0.4, 0.5) is 0 Å². The molecular weight excluding hydrogens is 228 g/mol. The van der Waals surface area contributed by atoms with E-state index in [-0.39, 0.29) is 17.5 Å². The average Bonchev–Trinajstić information content (AvgIpc) is 2.60. The summed E-state index contributed by atoms with van der Waals surface area (Å²) in [6, 6.07) is 0. The van der Waals surface area contributed by atoms with Crippen LogP contribution >= 0.6 is 0 Å². The van der Waals surface area contributed by atoms with Gasteiger partial charge in [-0.05, 0) is 31.6 Å². The summed E-state index contributed by atoms with van der Waals surface area (Å²) in [5.74, 6) is 0.746. The summed E-state index contributed by atoms with van der Waals surface area (Å²) in [6.45, 7) is 6.23. The van der Waals surface area contributed by atoms with E-state index in [1.54, 1.807) is 6.92 Å². The molecule has 0 bridgehead atoms. The Kier molecular flexibility index (Phi) is 2.60. The van der Waals surface area contributed by atoms with Crippen molar-refractivity contribution in [2.45, 2.75) is 58.7 Å². The van der Waals surface area contributed by atoms with Crippen molar-refractivity contribution in [3.8, 4) is 0 Å². The van der Waals surface area contributed by atoms with Crippen molar-refractivity contribution in [3.63, 3.8) is 0 Å². The number of hydrogen-bond acceptors (Lipinski definition) is 3. The van der Waals surface area contributed by atoms with Gasteiger partial charge in [-0.2, -0.15) is 0 Å². The number of esters is 1. The molecule has 1 heterocycles. The third-order valence-corrected chi connectivity index (χ3v) is 5.85. The van der Waals surface area contributed by atoms with E-state index in [1.807, 2.05) is 0 Å². The third-order valence-electron chi connectivity index (χ3n) is 5.85. The maximum atomic E-state index is 11.7. The molecule has 3 heteroatoms. The highest BCUT2D eigenvalue weighted by Gasteiger charge is 2.56. The minimum absolute atomic E-state index is 0.0840. The average molecular weight is 250 g/mol. The first-order chi connectivity index (χ1) is 8.46. The van der Waals surface area contributed by atoms with Crippen LogP contribution in [0, 0.1) is 17.3 Å². The van der Waals surface area contributed by atoms with Crippen LogP contribution in [0.2, 0.25) is 0 Å². The smallest absolute Gasteiger partial charge is 0.334 e. The predicted molar refractivity (Wildman–Crippen MR) is 67.8 cm³/mol. The minimum atomic E-state index is -0.511. The van der Waals surface area contributed by atoms with Gasteiger partial charge < -0.3 is 9.84 Å². The normalized spacial score (nSPS) is 47.7. The monoisotopic (exact) mass is 250 g/mol. The number of ether oxygens (including phenoxy) is 1. The number of rotatable bonds is 0. The van der Waals surface area contributed by atoms with Crippen LogP contribution in [0.1, 0.15) is 46.5 Å². The highest BCUT2D eigenvalue weighted by Crippen LogP contribution is 2.56. The number of carbonyl (C=O) groups excluding carboxylic acids is 1. The fourth-order valence-electron chi connectivity index (χ4n) is 4.35. The Bertz CT molecular complexity index is 425. The van der Waals surface area contributed by atoms with Crippen molar-refractivity contribution in [2.75, 3.05) is 0 Å². The van der Waals surface area contributed by atoms with Crippen molar-refractivity contribution < 1.29 is 14.6 Å². The van der Waals surface area contributed by atoms with Crippen LogP contribution in [0.25, 0.3) is 0 Å². The molecule has 2 aliphatic carbocycles. The van der Waals surface area contributed by atoms with E-state index in [1.165, 1.54) is 12.8 Å². The Morgan fingerprint density at radius 1 is 1.39 bits per heavy atom. The third kappa shape index (κ3) is 1.37. The number of aliphatic hydroxyl groups is 1. The van der Waals surface area contributed by atoms with Crippen LogP contribution in [-0.2, 0) is 9.53 Å². The maximum absolute atomic E-state index is 11.7. The van der Waals surface area contributed by atoms with Gasteiger partial charge in [0.15, 0.2) is 0 Å². The molecule has 0 unspecified atom stereocenters. The quantitative estimate of drug-likeness (QED) is 0.672. The number of fused-ring (bicyclic) bond motifs is 2. The molecule has 1 N–H and O–H groups in total. The predicted octanol–water partition coefficient (Wildman–Crippen LogP) is 2.44. The molecule has 18 heavy (non-hydrogen) atoms. The van der Waals surface area contributed by atoms with E-state index in [2.05, 4.69) is 13.8 Å². The molecular formula is C15H22O3. The standard InChI is InChI=1S/C15H22O3/c1-8-5-4-6-10-7-11-12(9(2)14(17)18-11)13(16)15(8,10)3/h8,10-11,13,16H,4-7H2,1-3H3/t8-,10+,11-,13+,15+/m0/s1. The molecule has 0 amide bonds. The van der Waals surface area contributed by atoms with Gasteiger partial charge >= 0.3 is 5.97 Å². The van der Waals surface area contributed by atoms with E-state index in [0.29, 0.717) is 17.4 Å². The Labute approximate surface area is 108 Å². The molecule has 0 radical (unpaired) electrons. The summed E-state index contributed by atoms with van der Waals surface area (Å²) in [7, 11) is 0. The maximum Gasteiger partial charge on any atom is 0.334 e. The second-order valence-electron chi connectivity index (χ2n) is 6.51. The molecule has 0 aromatic carbocycles. The van der Waals surface area contributed by atoms with Crippen LogP contribution in [-0.4, -0.2) is 23.3 Å². The van der Waals surface area contributed by atoms with E-state index >= 15 is 0 Å². The molecule has 3 aliphatic rings. The molecule has 0 saturated heterocycles. The van der Waals surface area contributed by atoms with Gasteiger partial charge in [-0.25, -0.2) is 4.79 Å². The number of carbonyl (C=O) groups is 1. The Balaban J connectivity index is 2.04. The zero-order chi connectivity index (χ0) is 13.1. The highest BCUT2D eigenvalue weighted by atomic mass is 16.5. The van der Waals surface area contributed by atoms with E-state index in [0.717, 1.165) is 18.4 Å². The van der Waals surface area contributed by atoms with E-state index in [9.17, 15) is 9.90 Å². The van der Waals surface area contributed by atoms with Crippen LogP contribution in [0.15, 0.2) is 11.1 Å². The van der Waals surface area contributed by atoms with Crippen molar-refractivity contribution in [1.29, 1.82) is 0 Å². The first-order valence-corrected chi connectivity index (χ1v) is 7.06. The highest BCUT2D eigenvalue weighted by molar-refractivity contribution is 5.92. The Morgan fingerprint density at radius 2 is 2.11 bits per heavy atom. The van der Waals surface area contributed by atoms with E-state index in [4.69, 9.17) is 4.74 Å². The fraction of sp³-hybridized carbons (Fsp3) is 0.800. The van der Waals surface area contributed by atoms with E-state index < -0.39 is 6.10 Å². The second-order valence-corrected chi connectivity index (χ2v) is 6.51. The Morgan fingerprint density at radius 3 is 2.83 bits per heavy atom. The van der Waals surface area contributed by atoms with Crippen LogP contribution in [0.5, 0.6) is 0 Å². The number of aliphatic hydroxyl groups excluding tert-OH is 1. The summed E-state index contributed by atoms with van der Waals surface area (Å²) in [4.78, 5) is 11.7. The molecule has 100 valence electrons. The first kappa shape index (κ1) is 12.2. The zero-order valence-corrected chi connectivity index (χ0v) is 11.4. The molecule has 3 nitrogen and oxygen atoms in total. The largest absolute Gasteiger partial charge is 0.454 e. The lowest BCUT2D eigenvalue weighted by atomic mass is 9.53. The van der Waals surface area contributed by atoms with Gasteiger partial charge in [0, 0.05) is 16.6 Å². The van der Waals surface area contributed by atoms with Crippen LogP contribution in [0.3, 0.4) is 0 Å². The van der Waals surface area contributed by atoms with Crippen molar-refractivity contribution in [2.24, 2.45) is 17.3 Å². The molecule has 0 aromatic heterocycles. The summed E-state index contributed by atoms with van der Waals surface area (Å²) in [6.07, 6.45) is 3.79. The molecule has 3 rings (SSSR count). The molecule has 5 atom stereocenters. The van der Waals surface area contributed by atoms with Gasteiger partial charge in [0.05, 0.1) is 6.10 Å². The van der Waals surface area contributed by atoms with Crippen molar-refractivity contribution in [1.82, 2.24) is 0 Å². The van der Waals surface area contributed by atoms with Gasteiger partial charge in [-0.15, -0.1) is 0 Å². The van der Waals surface area contributed by atoms with Gasteiger partial charge in [-0.1, -0.05) is 26.7 Å². The lowest BCUT2D eigenvalue weighted by Crippen LogP contribution is -2.53. The molecule has 0 spiro atoms.